The number of nitrogens with one attached hydrogen (secondary N) is 1. The van der Waals surface area contributed by atoms with E-state index < -0.39 is 0 Å². The molecule has 33 heavy (non-hydrogen) atoms. The van der Waals surface area contributed by atoms with Crippen molar-refractivity contribution in [2.75, 3.05) is 24.3 Å². The van der Waals surface area contributed by atoms with E-state index in [0.717, 1.165) is 44.8 Å². The molecule has 0 bridgehead atoms. The van der Waals surface area contributed by atoms with Crippen molar-refractivity contribution < 1.29 is 0 Å². The van der Waals surface area contributed by atoms with Crippen molar-refractivity contribution in [2.45, 2.75) is 6.54 Å². The van der Waals surface area contributed by atoms with E-state index in [1.54, 1.807) is 18.6 Å². The van der Waals surface area contributed by atoms with Gasteiger partial charge in [0.05, 0.1) is 28.7 Å². The van der Waals surface area contributed by atoms with Crippen LogP contribution in [0.1, 0.15) is 5.69 Å². The number of fused-ring (bicyclic) bond motifs is 1. The summed E-state index contributed by atoms with van der Waals surface area (Å²) in [4.78, 5) is 24.5. The zero-order chi connectivity index (χ0) is 22.6. The first kappa shape index (κ1) is 20.5. The smallest absolute Gasteiger partial charge is 0.165 e. The Kier molecular flexibility index (Phi) is 5.59. The number of hydrogen-bond donors (Lipinski definition) is 1. The lowest BCUT2D eigenvalue weighted by Crippen LogP contribution is -2.08. The summed E-state index contributed by atoms with van der Waals surface area (Å²) in [6.07, 6.45) is 6.74. The molecule has 1 N–H and O–H groups in total. The number of anilines is 2. The van der Waals surface area contributed by atoms with Crippen LogP contribution in [0.15, 0.2) is 85.6 Å². The molecular weight excluding hydrogens is 410 g/mol. The Bertz CT molecular complexity index is 1370. The molecule has 7 heteroatoms. The molecule has 162 valence electrons. The molecule has 0 aliphatic heterocycles. The molecule has 5 aromatic rings. The fourth-order valence-electron chi connectivity index (χ4n) is 3.71. The fraction of sp³-hybridized carbons (Fsp3) is 0.115. The zero-order valence-corrected chi connectivity index (χ0v) is 18.5. The Balaban J connectivity index is 1.65. The highest BCUT2D eigenvalue weighted by molar-refractivity contribution is 6.02. The molecule has 0 atom stereocenters. The van der Waals surface area contributed by atoms with Gasteiger partial charge in [0.15, 0.2) is 5.82 Å². The Morgan fingerprint density at radius 1 is 0.818 bits per heavy atom. The maximum absolute atomic E-state index is 4.88. The number of nitrogens with zero attached hydrogens (tertiary/aromatic N) is 6. The molecule has 0 radical (unpaired) electrons. The van der Waals surface area contributed by atoms with Crippen LogP contribution in [-0.2, 0) is 6.54 Å². The van der Waals surface area contributed by atoms with Crippen molar-refractivity contribution in [2.24, 2.45) is 0 Å². The SMILES string of the molecule is CN(C)c1ccc(-c2cccc3nc(-c4cncnc4)nc(NCc4ccccn4)c23)cc1. The summed E-state index contributed by atoms with van der Waals surface area (Å²) in [6, 6.07) is 20.5. The highest BCUT2D eigenvalue weighted by atomic mass is 15.1. The monoisotopic (exact) mass is 433 g/mol. The summed E-state index contributed by atoms with van der Waals surface area (Å²) in [5.41, 5.74) is 5.86. The number of benzene rings is 2. The lowest BCUT2D eigenvalue weighted by molar-refractivity contribution is 1.03. The minimum Gasteiger partial charge on any atom is -0.378 e. The first-order chi connectivity index (χ1) is 16.2. The number of hydrogen-bond acceptors (Lipinski definition) is 7. The van der Waals surface area contributed by atoms with E-state index in [2.05, 4.69) is 55.5 Å². The number of rotatable bonds is 6. The van der Waals surface area contributed by atoms with Crippen LogP contribution >= 0.6 is 0 Å². The summed E-state index contributed by atoms with van der Waals surface area (Å²) in [6.45, 7) is 0.547. The molecule has 0 aliphatic carbocycles. The van der Waals surface area contributed by atoms with Crippen LogP contribution in [0.3, 0.4) is 0 Å². The van der Waals surface area contributed by atoms with E-state index in [4.69, 9.17) is 9.97 Å². The second-order valence-corrected chi connectivity index (χ2v) is 7.84. The summed E-state index contributed by atoms with van der Waals surface area (Å²) >= 11 is 0. The first-order valence-electron chi connectivity index (χ1n) is 10.7. The van der Waals surface area contributed by atoms with Crippen molar-refractivity contribution in [3.8, 4) is 22.5 Å². The quantitative estimate of drug-likeness (QED) is 0.411. The van der Waals surface area contributed by atoms with E-state index in [0.29, 0.717) is 12.4 Å². The Hall–Kier alpha value is -4.39. The third kappa shape index (κ3) is 4.34. The van der Waals surface area contributed by atoms with E-state index >= 15 is 0 Å². The maximum Gasteiger partial charge on any atom is 0.165 e. The standard InChI is InChI=1S/C26H23N7/c1-33(2)21-11-9-18(10-12-21)22-7-5-8-23-24(22)26(30-16-20-6-3-4-13-29-20)32-25(31-23)19-14-27-17-28-15-19/h3-15,17H,16H2,1-2H3,(H,30,31,32). The van der Waals surface area contributed by atoms with E-state index in [1.807, 2.05) is 44.4 Å². The van der Waals surface area contributed by atoms with Crippen LogP contribution in [0.25, 0.3) is 33.4 Å². The van der Waals surface area contributed by atoms with Crippen LogP contribution in [0.4, 0.5) is 11.5 Å². The zero-order valence-electron chi connectivity index (χ0n) is 18.5. The first-order valence-corrected chi connectivity index (χ1v) is 10.7. The second-order valence-electron chi connectivity index (χ2n) is 7.84. The maximum atomic E-state index is 4.88. The third-order valence-electron chi connectivity index (χ3n) is 5.40. The Morgan fingerprint density at radius 2 is 1.64 bits per heavy atom. The molecule has 0 saturated carbocycles. The van der Waals surface area contributed by atoms with Crippen LogP contribution in [-0.4, -0.2) is 39.0 Å². The second kappa shape index (κ2) is 9.00. The Morgan fingerprint density at radius 3 is 2.36 bits per heavy atom. The average Bonchev–Trinajstić information content (AvgIpc) is 2.88. The lowest BCUT2D eigenvalue weighted by atomic mass is 10.00. The van der Waals surface area contributed by atoms with Crippen molar-refractivity contribution >= 4 is 22.4 Å². The van der Waals surface area contributed by atoms with Gasteiger partial charge >= 0.3 is 0 Å². The van der Waals surface area contributed by atoms with Crippen LogP contribution in [0.2, 0.25) is 0 Å². The highest BCUT2D eigenvalue weighted by Gasteiger charge is 2.15. The van der Waals surface area contributed by atoms with E-state index in [1.165, 1.54) is 6.33 Å². The highest BCUT2D eigenvalue weighted by Crippen LogP contribution is 2.34. The largest absolute Gasteiger partial charge is 0.378 e. The van der Waals surface area contributed by atoms with Gasteiger partial charge in [-0.25, -0.2) is 19.9 Å². The molecule has 2 aromatic carbocycles. The molecule has 7 nitrogen and oxygen atoms in total. The lowest BCUT2D eigenvalue weighted by Gasteiger charge is -2.16. The number of pyridine rings is 1. The van der Waals surface area contributed by atoms with Crippen molar-refractivity contribution in [1.29, 1.82) is 0 Å². The van der Waals surface area contributed by atoms with Crippen molar-refractivity contribution in [1.82, 2.24) is 24.9 Å². The van der Waals surface area contributed by atoms with Crippen molar-refractivity contribution in [3.05, 3.63) is 91.3 Å². The molecule has 5 rings (SSSR count). The summed E-state index contributed by atoms with van der Waals surface area (Å²) in [7, 11) is 4.07. The predicted octanol–water partition coefficient (Wildman–Crippen LogP) is 4.83. The van der Waals surface area contributed by atoms with Crippen LogP contribution < -0.4 is 10.2 Å². The molecule has 3 aromatic heterocycles. The van der Waals surface area contributed by atoms with Gasteiger partial charge in [-0.1, -0.05) is 30.3 Å². The van der Waals surface area contributed by atoms with Gasteiger partial charge in [-0.2, -0.15) is 0 Å². The molecule has 0 saturated heterocycles. The van der Waals surface area contributed by atoms with Gasteiger partial charge in [0.25, 0.3) is 0 Å². The molecule has 0 amide bonds. The molecule has 0 unspecified atom stereocenters. The van der Waals surface area contributed by atoms with Gasteiger partial charge in [0, 0.05) is 38.4 Å². The molecule has 3 heterocycles. The van der Waals surface area contributed by atoms with Gasteiger partial charge in [-0.15, -0.1) is 0 Å². The molecule has 0 spiro atoms. The van der Waals surface area contributed by atoms with Crippen LogP contribution in [0.5, 0.6) is 0 Å². The topological polar surface area (TPSA) is 79.7 Å². The Labute approximate surface area is 192 Å². The summed E-state index contributed by atoms with van der Waals surface area (Å²) < 4.78 is 0. The van der Waals surface area contributed by atoms with Gasteiger partial charge in [-0.3, -0.25) is 4.98 Å². The molecular formula is C26H23N7. The molecule has 0 aliphatic rings. The summed E-state index contributed by atoms with van der Waals surface area (Å²) in [5, 5.41) is 4.46. The predicted molar refractivity (Wildman–Crippen MR) is 132 cm³/mol. The van der Waals surface area contributed by atoms with Gasteiger partial charge in [0.2, 0.25) is 0 Å². The fourth-order valence-corrected chi connectivity index (χ4v) is 3.71. The minimum atomic E-state index is 0.547. The van der Waals surface area contributed by atoms with Crippen LogP contribution in [0, 0.1) is 0 Å². The summed E-state index contributed by atoms with van der Waals surface area (Å²) in [5.74, 6) is 1.32. The van der Waals surface area contributed by atoms with Gasteiger partial charge in [-0.05, 0) is 41.5 Å². The third-order valence-corrected chi connectivity index (χ3v) is 5.40. The van der Waals surface area contributed by atoms with Gasteiger partial charge < -0.3 is 10.2 Å². The van der Waals surface area contributed by atoms with Crippen molar-refractivity contribution in [3.63, 3.8) is 0 Å². The average molecular weight is 434 g/mol. The van der Waals surface area contributed by atoms with E-state index in [-0.39, 0.29) is 0 Å². The van der Waals surface area contributed by atoms with Gasteiger partial charge in [0.1, 0.15) is 12.1 Å². The molecule has 0 fully saturated rings. The number of aromatic nitrogens is 5. The minimum absolute atomic E-state index is 0.547. The van der Waals surface area contributed by atoms with E-state index in [9.17, 15) is 0 Å². The normalized spacial score (nSPS) is 10.8.